The maximum absolute atomic E-state index is 11.7. The number of nitro groups is 1. The van der Waals surface area contributed by atoms with Gasteiger partial charge in [-0.05, 0) is 36.4 Å². The van der Waals surface area contributed by atoms with Gasteiger partial charge in [0.15, 0.2) is 0 Å². The van der Waals surface area contributed by atoms with Crippen molar-refractivity contribution in [2.75, 3.05) is 10.6 Å². The van der Waals surface area contributed by atoms with Crippen molar-refractivity contribution in [2.24, 2.45) is 0 Å². The van der Waals surface area contributed by atoms with E-state index in [1.54, 1.807) is 24.3 Å². The van der Waals surface area contributed by atoms with Gasteiger partial charge in [0.2, 0.25) is 0 Å². The molecular formula is C14H10N4O3. The summed E-state index contributed by atoms with van der Waals surface area (Å²) in [5.41, 5.74) is 1.42. The van der Waals surface area contributed by atoms with Gasteiger partial charge in [-0.25, -0.2) is 4.79 Å². The summed E-state index contributed by atoms with van der Waals surface area (Å²) in [6.07, 6.45) is 0. The Bertz CT molecular complexity index is 702. The standard InChI is InChI=1S/C14H10N4O3/c15-9-10-1-3-11(4-2-10)16-14(19)17-12-5-7-13(8-6-12)18(20)21/h1-8H,(H2,16,17,19). The minimum Gasteiger partial charge on any atom is -0.308 e. The number of carbonyl (C=O) groups excluding carboxylic acids is 1. The van der Waals surface area contributed by atoms with E-state index in [0.29, 0.717) is 16.9 Å². The molecule has 7 nitrogen and oxygen atoms in total. The number of urea groups is 1. The number of rotatable bonds is 3. The lowest BCUT2D eigenvalue weighted by molar-refractivity contribution is -0.384. The van der Waals surface area contributed by atoms with Crippen LogP contribution in [0.2, 0.25) is 0 Å². The fraction of sp³-hybridized carbons (Fsp3) is 0. The monoisotopic (exact) mass is 282 g/mol. The van der Waals surface area contributed by atoms with E-state index in [9.17, 15) is 14.9 Å². The van der Waals surface area contributed by atoms with Crippen molar-refractivity contribution in [1.82, 2.24) is 0 Å². The number of non-ortho nitro benzene ring substituents is 1. The van der Waals surface area contributed by atoms with Crippen molar-refractivity contribution in [2.45, 2.75) is 0 Å². The van der Waals surface area contributed by atoms with Gasteiger partial charge in [0.1, 0.15) is 0 Å². The first-order chi connectivity index (χ1) is 10.1. The molecule has 2 N–H and O–H groups in total. The summed E-state index contributed by atoms with van der Waals surface area (Å²) in [7, 11) is 0. The molecule has 21 heavy (non-hydrogen) atoms. The van der Waals surface area contributed by atoms with Crippen LogP contribution in [0.3, 0.4) is 0 Å². The minimum atomic E-state index is -0.513. The average molecular weight is 282 g/mol. The number of hydrogen-bond acceptors (Lipinski definition) is 4. The molecule has 2 aromatic rings. The second-order valence-corrected chi connectivity index (χ2v) is 4.07. The third-order valence-corrected chi connectivity index (χ3v) is 2.61. The molecule has 0 aromatic heterocycles. The molecule has 0 saturated heterocycles. The molecule has 0 aliphatic heterocycles. The van der Waals surface area contributed by atoms with Gasteiger partial charge in [-0.1, -0.05) is 0 Å². The highest BCUT2D eigenvalue weighted by atomic mass is 16.6. The lowest BCUT2D eigenvalue weighted by Gasteiger charge is -2.07. The number of nitriles is 1. The zero-order valence-electron chi connectivity index (χ0n) is 10.7. The summed E-state index contributed by atoms with van der Waals surface area (Å²) < 4.78 is 0. The van der Waals surface area contributed by atoms with Crippen molar-refractivity contribution in [1.29, 1.82) is 5.26 Å². The molecule has 0 aliphatic carbocycles. The Kier molecular flexibility index (Phi) is 4.11. The Morgan fingerprint density at radius 3 is 1.90 bits per heavy atom. The van der Waals surface area contributed by atoms with Crippen LogP contribution in [-0.4, -0.2) is 11.0 Å². The van der Waals surface area contributed by atoms with Crippen LogP contribution >= 0.6 is 0 Å². The minimum absolute atomic E-state index is 0.0481. The number of anilines is 2. The Morgan fingerprint density at radius 2 is 1.48 bits per heavy atom. The summed E-state index contributed by atoms with van der Waals surface area (Å²) >= 11 is 0. The van der Waals surface area contributed by atoms with Crippen molar-refractivity contribution in [3.63, 3.8) is 0 Å². The van der Waals surface area contributed by atoms with Gasteiger partial charge >= 0.3 is 6.03 Å². The highest BCUT2D eigenvalue weighted by molar-refractivity contribution is 5.99. The summed E-state index contributed by atoms with van der Waals surface area (Å²) in [6.45, 7) is 0. The van der Waals surface area contributed by atoms with Crippen LogP contribution in [0.1, 0.15) is 5.56 Å². The molecule has 2 rings (SSSR count). The van der Waals surface area contributed by atoms with Crippen molar-refractivity contribution >= 4 is 23.1 Å². The zero-order chi connectivity index (χ0) is 15.2. The van der Waals surface area contributed by atoms with Crippen LogP contribution in [-0.2, 0) is 0 Å². The predicted octanol–water partition coefficient (Wildman–Crippen LogP) is 3.11. The number of nitrogens with zero attached hydrogens (tertiary/aromatic N) is 2. The first kappa shape index (κ1) is 14.0. The van der Waals surface area contributed by atoms with Crippen molar-refractivity contribution < 1.29 is 9.72 Å². The lowest BCUT2D eigenvalue weighted by Crippen LogP contribution is -2.19. The first-order valence-electron chi connectivity index (χ1n) is 5.91. The number of nitro benzene ring substituents is 1. The van der Waals surface area contributed by atoms with Gasteiger partial charge in [0.05, 0.1) is 16.6 Å². The smallest absolute Gasteiger partial charge is 0.308 e. The van der Waals surface area contributed by atoms with Crippen LogP contribution in [0.15, 0.2) is 48.5 Å². The molecule has 0 radical (unpaired) electrons. The number of carbonyl (C=O) groups is 1. The van der Waals surface area contributed by atoms with Crippen molar-refractivity contribution in [3.05, 3.63) is 64.2 Å². The zero-order valence-corrected chi connectivity index (χ0v) is 10.7. The van der Waals surface area contributed by atoms with Gasteiger partial charge in [-0.15, -0.1) is 0 Å². The van der Waals surface area contributed by atoms with E-state index in [4.69, 9.17) is 5.26 Å². The van der Waals surface area contributed by atoms with Gasteiger partial charge in [0.25, 0.3) is 5.69 Å². The van der Waals surface area contributed by atoms with Gasteiger partial charge in [-0.2, -0.15) is 5.26 Å². The molecular weight excluding hydrogens is 272 g/mol. The van der Waals surface area contributed by atoms with Crippen LogP contribution in [0.4, 0.5) is 21.9 Å². The van der Waals surface area contributed by atoms with E-state index < -0.39 is 11.0 Å². The van der Waals surface area contributed by atoms with E-state index in [-0.39, 0.29) is 5.69 Å². The van der Waals surface area contributed by atoms with E-state index in [1.165, 1.54) is 24.3 Å². The van der Waals surface area contributed by atoms with Gasteiger partial charge in [-0.3, -0.25) is 10.1 Å². The topological polar surface area (TPSA) is 108 Å². The maximum atomic E-state index is 11.7. The first-order valence-corrected chi connectivity index (χ1v) is 5.91. The Morgan fingerprint density at radius 1 is 1.00 bits per heavy atom. The van der Waals surface area contributed by atoms with Crippen LogP contribution in [0.5, 0.6) is 0 Å². The van der Waals surface area contributed by atoms with Gasteiger partial charge < -0.3 is 10.6 Å². The van der Waals surface area contributed by atoms with Crippen molar-refractivity contribution in [3.8, 4) is 6.07 Å². The number of nitrogens with one attached hydrogen (secondary N) is 2. The Balaban J connectivity index is 1.97. The third-order valence-electron chi connectivity index (χ3n) is 2.61. The van der Waals surface area contributed by atoms with E-state index in [2.05, 4.69) is 10.6 Å². The molecule has 2 amide bonds. The average Bonchev–Trinajstić information content (AvgIpc) is 2.48. The van der Waals surface area contributed by atoms with E-state index >= 15 is 0 Å². The number of benzene rings is 2. The quantitative estimate of drug-likeness (QED) is 0.665. The predicted molar refractivity (Wildman–Crippen MR) is 76.9 cm³/mol. The molecule has 0 heterocycles. The molecule has 0 unspecified atom stereocenters. The molecule has 0 bridgehead atoms. The van der Waals surface area contributed by atoms with Crippen LogP contribution in [0.25, 0.3) is 0 Å². The Hall–Kier alpha value is -3.40. The third kappa shape index (κ3) is 3.78. The summed E-state index contributed by atoms with van der Waals surface area (Å²) in [6, 6.07) is 13.4. The van der Waals surface area contributed by atoms with Gasteiger partial charge in [0, 0.05) is 23.5 Å². The van der Waals surface area contributed by atoms with Crippen LogP contribution in [0, 0.1) is 21.4 Å². The second kappa shape index (κ2) is 6.16. The SMILES string of the molecule is N#Cc1ccc(NC(=O)Nc2ccc([N+](=O)[O-])cc2)cc1. The Labute approximate surface area is 120 Å². The summed E-state index contributed by atoms with van der Waals surface area (Å²) in [5, 5.41) is 24.3. The molecule has 0 aliphatic rings. The molecule has 0 atom stereocenters. The highest BCUT2D eigenvalue weighted by Gasteiger charge is 2.06. The molecule has 0 fully saturated rings. The number of amides is 2. The summed E-state index contributed by atoms with van der Waals surface area (Å²) in [4.78, 5) is 21.7. The van der Waals surface area contributed by atoms with E-state index in [1.807, 2.05) is 6.07 Å². The highest BCUT2D eigenvalue weighted by Crippen LogP contribution is 2.16. The molecule has 7 heteroatoms. The van der Waals surface area contributed by atoms with E-state index in [0.717, 1.165) is 0 Å². The molecule has 2 aromatic carbocycles. The second-order valence-electron chi connectivity index (χ2n) is 4.07. The summed E-state index contributed by atoms with van der Waals surface area (Å²) in [5.74, 6) is 0. The normalized spacial score (nSPS) is 9.48. The maximum Gasteiger partial charge on any atom is 0.323 e. The molecule has 0 saturated carbocycles. The fourth-order valence-electron chi connectivity index (χ4n) is 1.59. The largest absolute Gasteiger partial charge is 0.323 e. The lowest BCUT2D eigenvalue weighted by atomic mass is 10.2. The van der Waals surface area contributed by atoms with Crippen LogP contribution < -0.4 is 10.6 Å². The number of hydrogen-bond donors (Lipinski definition) is 2. The fourth-order valence-corrected chi connectivity index (χ4v) is 1.59. The molecule has 0 spiro atoms. The molecule has 104 valence electrons.